The quantitative estimate of drug-likeness (QED) is 0.724. The largest absolute Gasteiger partial charge is 0.0520 e. The van der Waals surface area contributed by atoms with Crippen molar-refractivity contribution >= 4 is 43.3 Å². The van der Waals surface area contributed by atoms with E-state index in [1.807, 2.05) is 12.1 Å². The van der Waals surface area contributed by atoms with Crippen molar-refractivity contribution in [2.45, 2.75) is 9.79 Å². The van der Waals surface area contributed by atoms with Crippen molar-refractivity contribution in [1.82, 2.24) is 0 Å². The van der Waals surface area contributed by atoms with Gasteiger partial charge in [0.2, 0.25) is 0 Å². The average molecular weight is 210 g/mol. The Labute approximate surface area is 77.3 Å². The van der Waals surface area contributed by atoms with Crippen LogP contribution in [0.1, 0.15) is 0 Å². The molecule has 10 heavy (non-hydrogen) atoms. The second-order valence-corrected chi connectivity index (χ2v) is 3.69. The van der Waals surface area contributed by atoms with E-state index >= 15 is 0 Å². The van der Waals surface area contributed by atoms with Crippen LogP contribution >= 0.6 is 43.3 Å². The van der Waals surface area contributed by atoms with Gasteiger partial charge >= 0.3 is 0 Å². The van der Waals surface area contributed by atoms with E-state index in [9.17, 15) is 0 Å². The molecule has 0 atom stereocenters. The van der Waals surface area contributed by atoms with Gasteiger partial charge in [-0.05, 0) is 61.5 Å². The zero-order chi connectivity index (χ0) is 7.40. The average Bonchev–Trinajstić information content (AvgIpc) is 2.05. The molecular formula is C6H3Cl2S2. The first-order valence-corrected chi connectivity index (χ1v) is 5.74. The highest BCUT2D eigenvalue weighted by Crippen LogP contribution is 2.28. The molecule has 0 aliphatic rings. The molecule has 0 unspecified atom stereocenters. The van der Waals surface area contributed by atoms with E-state index in [1.54, 1.807) is 6.07 Å². The van der Waals surface area contributed by atoms with Gasteiger partial charge in [-0.25, -0.2) is 0 Å². The maximum atomic E-state index is 5.51. The third-order valence-corrected chi connectivity index (χ3v) is 2.79. The minimum atomic E-state index is 0.896. The van der Waals surface area contributed by atoms with Gasteiger partial charge < -0.3 is 0 Å². The Bertz CT molecular complexity index is 195. The molecule has 0 heterocycles. The third kappa shape index (κ3) is 2.27. The van der Waals surface area contributed by atoms with Crippen LogP contribution in [-0.2, 0) is 0 Å². The van der Waals surface area contributed by atoms with Gasteiger partial charge in [0, 0.05) is 9.79 Å². The molecule has 0 aromatic heterocycles. The van der Waals surface area contributed by atoms with Gasteiger partial charge in [-0.1, -0.05) is 6.07 Å². The first-order valence-electron chi connectivity index (χ1n) is 2.45. The Kier molecular flexibility index (Phi) is 3.78. The standard InChI is InChI=1S/C6H3Cl2S2/c7-9-5-2-1-3-6(4-5)10-8/h1-2,4H. The summed E-state index contributed by atoms with van der Waals surface area (Å²) < 4.78 is 0. The maximum absolute atomic E-state index is 5.51. The van der Waals surface area contributed by atoms with Gasteiger partial charge in [-0.2, -0.15) is 0 Å². The number of benzene rings is 1. The molecule has 0 amide bonds. The van der Waals surface area contributed by atoms with Crippen molar-refractivity contribution in [3.8, 4) is 0 Å². The summed E-state index contributed by atoms with van der Waals surface area (Å²) in [5.74, 6) is 0. The van der Waals surface area contributed by atoms with Crippen molar-refractivity contribution in [1.29, 1.82) is 0 Å². The summed E-state index contributed by atoms with van der Waals surface area (Å²) >= 11 is 0. The summed E-state index contributed by atoms with van der Waals surface area (Å²) in [5, 5.41) is 0. The van der Waals surface area contributed by atoms with Crippen LogP contribution in [0.5, 0.6) is 0 Å². The van der Waals surface area contributed by atoms with Gasteiger partial charge in [0.05, 0.1) is 0 Å². The van der Waals surface area contributed by atoms with Gasteiger partial charge in [-0.15, -0.1) is 0 Å². The van der Waals surface area contributed by atoms with Crippen molar-refractivity contribution in [2.24, 2.45) is 0 Å². The van der Waals surface area contributed by atoms with E-state index < -0.39 is 0 Å². The highest BCUT2D eigenvalue weighted by atomic mass is 35.7. The molecule has 0 nitrogen and oxygen atoms in total. The van der Waals surface area contributed by atoms with Crippen molar-refractivity contribution in [3.05, 3.63) is 24.3 Å². The van der Waals surface area contributed by atoms with Crippen LogP contribution < -0.4 is 0 Å². The first-order chi connectivity index (χ1) is 4.86. The molecular weight excluding hydrogens is 207 g/mol. The number of hydrogen-bond donors (Lipinski definition) is 0. The fourth-order valence-corrected chi connectivity index (χ4v) is 1.71. The molecule has 0 saturated heterocycles. The van der Waals surface area contributed by atoms with Crippen LogP contribution in [-0.4, -0.2) is 0 Å². The highest BCUT2D eigenvalue weighted by Gasteiger charge is 1.93. The zero-order valence-corrected chi connectivity index (χ0v) is 7.95. The monoisotopic (exact) mass is 209 g/mol. The van der Waals surface area contributed by atoms with Crippen LogP contribution in [0.25, 0.3) is 0 Å². The van der Waals surface area contributed by atoms with Crippen molar-refractivity contribution in [2.75, 3.05) is 0 Å². The predicted octanol–water partition coefficient (Wildman–Crippen LogP) is 3.98. The molecule has 4 heteroatoms. The van der Waals surface area contributed by atoms with Crippen LogP contribution in [0.3, 0.4) is 0 Å². The summed E-state index contributed by atoms with van der Waals surface area (Å²) in [6, 6.07) is 8.52. The van der Waals surface area contributed by atoms with E-state index in [-0.39, 0.29) is 0 Å². The van der Waals surface area contributed by atoms with Crippen molar-refractivity contribution in [3.63, 3.8) is 0 Å². The fraction of sp³-hybridized carbons (Fsp3) is 0. The van der Waals surface area contributed by atoms with Crippen LogP contribution in [0, 0.1) is 6.07 Å². The number of rotatable bonds is 2. The molecule has 1 aromatic carbocycles. The lowest BCUT2D eigenvalue weighted by molar-refractivity contribution is 1.33. The molecule has 1 radical (unpaired) electrons. The second-order valence-electron chi connectivity index (χ2n) is 1.54. The van der Waals surface area contributed by atoms with E-state index in [0.717, 1.165) is 20.8 Å². The molecule has 0 fully saturated rings. The Morgan fingerprint density at radius 3 is 2.70 bits per heavy atom. The fourth-order valence-electron chi connectivity index (χ4n) is 0.517. The number of halogens is 2. The number of hydrogen-bond acceptors (Lipinski definition) is 2. The van der Waals surface area contributed by atoms with Gasteiger partial charge in [0.1, 0.15) is 0 Å². The minimum Gasteiger partial charge on any atom is -0.0520 e. The summed E-state index contributed by atoms with van der Waals surface area (Å²) in [5.41, 5.74) is 0. The Morgan fingerprint density at radius 2 is 2.10 bits per heavy atom. The highest BCUT2D eigenvalue weighted by molar-refractivity contribution is 8.21. The molecule has 0 bridgehead atoms. The van der Waals surface area contributed by atoms with Gasteiger partial charge in [0.25, 0.3) is 0 Å². The predicted molar refractivity (Wildman–Crippen MR) is 48.7 cm³/mol. The van der Waals surface area contributed by atoms with E-state index in [0.29, 0.717) is 0 Å². The molecule has 0 spiro atoms. The summed E-state index contributed by atoms with van der Waals surface area (Å²) in [4.78, 5) is 1.89. The lowest BCUT2D eigenvalue weighted by Gasteiger charge is -1.94. The molecule has 53 valence electrons. The molecule has 0 N–H and O–H groups in total. The molecule has 1 aromatic rings. The SMILES string of the molecule is ClSc1[c]ccc(SCl)c1. The minimum absolute atomic E-state index is 0.896. The summed E-state index contributed by atoms with van der Waals surface area (Å²) in [6.07, 6.45) is 0. The maximum Gasteiger partial charge on any atom is 0.0323 e. The first kappa shape index (κ1) is 8.60. The summed E-state index contributed by atoms with van der Waals surface area (Å²) in [7, 11) is 13.3. The summed E-state index contributed by atoms with van der Waals surface area (Å²) in [6.45, 7) is 0. The van der Waals surface area contributed by atoms with Crippen LogP contribution in [0.4, 0.5) is 0 Å². The molecule has 0 aliphatic carbocycles. The Morgan fingerprint density at radius 1 is 1.30 bits per heavy atom. The van der Waals surface area contributed by atoms with Crippen molar-refractivity contribution < 1.29 is 0 Å². The smallest absolute Gasteiger partial charge is 0.0323 e. The second kappa shape index (κ2) is 4.39. The lowest BCUT2D eigenvalue weighted by atomic mass is 10.4. The zero-order valence-electron chi connectivity index (χ0n) is 4.80. The molecule has 1 rings (SSSR count). The Hall–Kier alpha value is 0.500. The lowest BCUT2D eigenvalue weighted by Crippen LogP contribution is -1.68. The van der Waals surface area contributed by atoms with E-state index in [2.05, 4.69) is 6.07 Å². The van der Waals surface area contributed by atoms with E-state index in [4.69, 9.17) is 21.4 Å². The van der Waals surface area contributed by atoms with Gasteiger partial charge in [0.15, 0.2) is 0 Å². The van der Waals surface area contributed by atoms with Gasteiger partial charge in [-0.3, -0.25) is 0 Å². The van der Waals surface area contributed by atoms with E-state index in [1.165, 1.54) is 11.0 Å². The molecule has 0 saturated carbocycles. The molecule has 0 aliphatic heterocycles. The van der Waals surface area contributed by atoms with Crippen LogP contribution in [0.2, 0.25) is 0 Å². The third-order valence-electron chi connectivity index (χ3n) is 0.919. The normalized spacial score (nSPS) is 9.80. The topological polar surface area (TPSA) is 0 Å². The Balaban J connectivity index is 2.87. The van der Waals surface area contributed by atoms with Crippen LogP contribution in [0.15, 0.2) is 28.0 Å².